The molecule has 1 amide bonds. The molecule has 0 aliphatic carbocycles. The highest BCUT2D eigenvalue weighted by Gasteiger charge is 2.18. The van der Waals surface area contributed by atoms with Gasteiger partial charge in [0.05, 0.1) is 0 Å². The average molecular weight is 380 g/mol. The van der Waals surface area contributed by atoms with Gasteiger partial charge < -0.3 is 9.73 Å². The van der Waals surface area contributed by atoms with Crippen LogP contribution in [0.5, 0.6) is 0 Å². The fourth-order valence-corrected chi connectivity index (χ4v) is 3.28. The van der Waals surface area contributed by atoms with Crippen LogP contribution in [0.2, 0.25) is 0 Å². The second kappa shape index (κ2) is 5.80. The highest BCUT2D eigenvalue weighted by molar-refractivity contribution is 9.10. The van der Waals surface area contributed by atoms with Gasteiger partial charge in [-0.05, 0) is 36.6 Å². The van der Waals surface area contributed by atoms with Gasteiger partial charge in [-0.1, -0.05) is 52.3 Å². The number of aryl methyl sites for hydroxylation is 1. The van der Waals surface area contributed by atoms with Crippen molar-refractivity contribution in [2.24, 2.45) is 0 Å². The number of hydrogen-bond acceptors (Lipinski definition) is 2. The SMILES string of the molecule is Cc1c(C(=O)Nc2cccc3ccccc23)oc2ccc(Br)cc12. The summed E-state index contributed by atoms with van der Waals surface area (Å²) in [5, 5.41) is 6.00. The quantitative estimate of drug-likeness (QED) is 0.470. The van der Waals surface area contributed by atoms with Crippen molar-refractivity contribution < 1.29 is 9.21 Å². The van der Waals surface area contributed by atoms with Crippen LogP contribution in [-0.4, -0.2) is 5.91 Å². The molecule has 0 bridgehead atoms. The normalized spacial score (nSPS) is 11.1. The van der Waals surface area contributed by atoms with E-state index in [-0.39, 0.29) is 5.91 Å². The fraction of sp³-hybridized carbons (Fsp3) is 0.0500. The van der Waals surface area contributed by atoms with Crippen molar-refractivity contribution in [1.29, 1.82) is 0 Å². The lowest BCUT2D eigenvalue weighted by Gasteiger charge is -2.07. The van der Waals surface area contributed by atoms with Crippen molar-refractivity contribution in [3.8, 4) is 0 Å². The summed E-state index contributed by atoms with van der Waals surface area (Å²) < 4.78 is 6.73. The Bertz CT molecular complexity index is 1080. The summed E-state index contributed by atoms with van der Waals surface area (Å²) in [4.78, 5) is 12.7. The van der Waals surface area contributed by atoms with Crippen LogP contribution in [0.1, 0.15) is 16.1 Å². The number of carbonyl (C=O) groups is 1. The van der Waals surface area contributed by atoms with Crippen molar-refractivity contribution in [2.75, 3.05) is 5.32 Å². The first-order valence-electron chi connectivity index (χ1n) is 7.61. The molecule has 0 saturated heterocycles. The fourth-order valence-electron chi connectivity index (χ4n) is 2.92. The molecule has 0 unspecified atom stereocenters. The van der Waals surface area contributed by atoms with E-state index >= 15 is 0 Å². The Balaban J connectivity index is 1.75. The highest BCUT2D eigenvalue weighted by Crippen LogP contribution is 2.29. The summed E-state index contributed by atoms with van der Waals surface area (Å²) in [5.74, 6) is 0.104. The molecule has 4 aromatic rings. The number of fused-ring (bicyclic) bond motifs is 2. The maximum absolute atomic E-state index is 12.7. The number of amides is 1. The van der Waals surface area contributed by atoms with E-state index in [1.54, 1.807) is 0 Å². The molecule has 4 rings (SSSR count). The maximum Gasteiger partial charge on any atom is 0.291 e. The minimum atomic E-state index is -0.240. The van der Waals surface area contributed by atoms with Gasteiger partial charge in [0.1, 0.15) is 5.58 Å². The van der Waals surface area contributed by atoms with Gasteiger partial charge in [0.15, 0.2) is 5.76 Å². The number of carbonyl (C=O) groups excluding carboxylic acids is 1. The Kier molecular flexibility index (Phi) is 3.62. The van der Waals surface area contributed by atoms with Crippen LogP contribution >= 0.6 is 15.9 Å². The molecule has 0 radical (unpaired) electrons. The molecular formula is C20H14BrNO2. The molecule has 0 atom stereocenters. The molecule has 0 spiro atoms. The monoisotopic (exact) mass is 379 g/mol. The van der Waals surface area contributed by atoms with Crippen molar-refractivity contribution in [2.45, 2.75) is 6.92 Å². The predicted octanol–water partition coefficient (Wildman–Crippen LogP) is 5.91. The molecule has 1 N–H and O–H groups in total. The average Bonchev–Trinajstić information content (AvgIpc) is 2.92. The van der Waals surface area contributed by atoms with Gasteiger partial charge in [0.2, 0.25) is 0 Å². The van der Waals surface area contributed by atoms with E-state index < -0.39 is 0 Å². The van der Waals surface area contributed by atoms with Crippen molar-refractivity contribution in [1.82, 2.24) is 0 Å². The van der Waals surface area contributed by atoms with E-state index in [2.05, 4.69) is 21.2 Å². The van der Waals surface area contributed by atoms with Crippen LogP contribution in [0.15, 0.2) is 69.6 Å². The van der Waals surface area contributed by atoms with Crippen LogP contribution in [-0.2, 0) is 0 Å². The van der Waals surface area contributed by atoms with Gasteiger partial charge in [0.25, 0.3) is 5.91 Å². The van der Waals surface area contributed by atoms with Crippen LogP contribution in [0.4, 0.5) is 5.69 Å². The molecule has 1 heterocycles. The Morgan fingerprint density at radius 2 is 1.79 bits per heavy atom. The molecule has 0 saturated carbocycles. The highest BCUT2D eigenvalue weighted by atomic mass is 79.9. The van der Waals surface area contributed by atoms with Crippen LogP contribution < -0.4 is 5.32 Å². The van der Waals surface area contributed by atoms with E-state index in [9.17, 15) is 4.79 Å². The van der Waals surface area contributed by atoms with Crippen LogP contribution in [0, 0.1) is 6.92 Å². The number of nitrogens with one attached hydrogen (secondary N) is 1. The summed E-state index contributed by atoms with van der Waals surface area (Å²) in [6.07, 6.45) is 0. The zero-order valence-electron chi connectivity index (χ0n) is 13.0. The van der Waals surface area contributed by atoms with Crippen molar-refractivity contribution in [3.63, 3.8) is 0 Å². The number of anilines is 1. The molecule has 3 aromatic carbocycles. The number of benzene rings is 3. The largest absolute Gasteiger partial charge is 0.451 e. The minimum Gasteiger partial charge on any atom is -0.451 e. The standard InChI is InChI=1S/C20H14BrNO2/c1-12-16-11-14(21)9-10-18(16)24-19(12)20(23)22-17-8-4-6-13-5-2-3-7-15(13)17/h2-11H,1H3,(H,22,23). The molecule has 3 nitrogen and oxygen atoms in total. The Morgan fingerprint density at radius 3 is 2.67 bits per heavy atom. The third kappa shape index (κ3) is 2.49. The number of furan rings is 1. The van der Waals surface area contributed by atoms with Gasteiger partial charge in [0, 0.05) is 26.5 Å². The first-order valence-corrected chi connectivity index (χ1v) is 8.40. The van der Waals surface area contributed by atoms with E-state index in [4.69, 9.17) is 4.42 Å². The van der Waals surface area contributed by atoms with E-state index in [0.29, 0.717) is 11.3 Å². The number of rotatable bonds is 2. The van der Waals surface area contributed by atoms with Crippen LogP contribution in [0.25, 0.3) is 21.7 Å². The summed E-state index contributed by atoms with van der Waals surface area (Å²) in [6, 6.07) is 19.5. The lowest BCUT2D eigenvalue weighted by Crippen LogP contribution is -2.12. The molecule has 0 aliphatic rings. The van der Waals surface area contributed by atoms with Crippen LogP contribution in [0.3, 0.4) is 0 Å². The first kappa shape index (κ1) is 15.0. The van der Waals surface area contributed by atoms with E-state index in [0.717, 1.165) is 31.9 Å². The molecule has 0 aliphatic heterocycles. The lowest BCUT2D eigenvalue weighted by atomic mass is 10.1. The molecule has 118 valence electrons. The van der Waals surface area contributed by atoms with Gasteiger partial charge >= 0.3 is 0 Å². The molecular weight excluding hydrogens is 366 g/mol. The number of hydrogen-bond donors (Lipinski definition) is 1. The van der Waals surface area contributed by atoms with Crippen molar-refractivity contribution >= 4 is 49.3 Å². The molecule has 0 fully saturated rings. The zero-order chi connectivity index (χ0) is 16.7. The summed E-state index contributed by atoms with van der Waals surface area (Å²) in [6.45, 7) is 1.90. The molecule has 1 aromatic heterocycles. The topological polar surface area (TPSA) is 42.2 Å². The smallest absolute Gasteiger partial charge is 0.291 e. The third-order valence-electron chi connectivity index (χ3n) is 4.14. The third-order valence-corrected chi connectivity index (χ3v) is 4.64. The Hall–Kier alpha value is -2.59. The lowest BCUT2D eigenvalue weighted by molar-refractivity contribution is 0.0998. The maximum atomic E-state index is 12.7. The van der Waals surface area contributed by atoms with Gasteiger partial charge in [-0.2, -0.15) is 0 Å². The summed E-state index contributed by atoms with van der Waals surface area (Å²) in [7, 11) is 0. The predicted molar refractivity (Wildman–Crippen MR) is 101 cm³/mol. The van der Waals surface area contributed by atoms with E-state index in [1.807, 2.05) is 67.6 Å². The second-order valence-corrected chi connectivity index (χ2v) is 6.59. The summed E-state index contributed by atoms with van der Waals surface area (Å²) >= 11 is 3.45. The van der Waals surface area contributed by atoms with Gasteiger partial charge in [-0.25, -0.2) is 0 Å². The van der Waals surface area contributed by atoms with Gasteiger partial charge in [-0.15, -0.1) is 0 Å². The van der Waals surface area contributed by atoms with E-state index in [1.165, 1.54) is 0 Å². The first-order chi connectivity index (χ1) is 11.6. The van der Waals surface area contributed by atoms with Crippen molar-refractivity contribution in [3.05, 3.63) is 76.5 Å². The molecule has 4 heteroatoms. The Morgan fingerprint density at radius 1 is 1.00 bits per heavy atom. The molecule has 24 heavy (non-hydrogen) atoms. The minimum absolute atomic E-state index is 0.240. The summed E-state index contributed by atoms with van der Waals surface area (Å²) in [5.41, 5.74) is 2.32. The second-order valence-electron chi connectivity index (χ2n) is 5.68. The zero-order valence-corrected chi connectivity index (χ0v) is 14.6. The number of halogens is 1. The Labute approximate surface area is 147 Å². The van der Waals surface area contributed by atoms with Gasteiger partial charge in [-0.3, -0.25) is 4.79 Å².